The number of fused-ring (bicyclic) bond motifs is 1. The highest BCUT2D eigenvalue weighted by atomic mass is 16.5. The van der Waals surface area contributed by atoms with Crippen LogP contribution in [0, 0.1) is 6.92 Å². The molecule has 1 aromatic carbocycles. The number of carbonyl (C=O) groups excluding carboxylic acids is 1. The molecule has 0 aliphatic carbocycles. The van der Waals surface area contributed by atoms with Gasteiger partial charge in [-0.15, -0.1) is 0 Å². The molecule has 6 heteroatoms. The molecule has 0 aliphatic heterocycles. The second kappa shape index (κ2) is 8.52. The summed E-state index contributed by atoms with van der Waals surface area (Å²) >= 11 is 0. The lowest BCUT2D eigenvalue weighted by Gasteiger charge is -2.25. The van der Waals surface area contributed by atoms with E-state index in [-0.39, 0.29) is 11.8 Å². The molecule has 0 atom stereocenters. The zero-order valence-electron chi connectivity index (χ0n) is 17.3. The minimum Gasteiger partial charge on any atom is -0.336 e. The van der Waals surface area contributed by atoms with Crippen LogP contribution in [0.15, 0.2) is 40.9 Å². The number of hydrogen-bond donors (Lipinski definition) is 0. The van der Waals surface area contributed by atoms with Gasteiger partial charge in [-0.05, 0) is 38.6 Å². The Bertz CT molecular complexity index is 948. The Morgan fingerprint density at radius 3 is 2.50 bits per heavy atom. The molecule has 0 N–H and O–H groups in total. The maximum atomic E-state index is 13.6. The Labute approximate surface area is 166 Å². The van der Waals surface area contributed by atoms with E-state index in [2.05, 4.69) is 28.9 Å². The summed E-state index contributed by atoms with van der Waals surface area (Å²) in [5.74, 6) is 0.164. The van der Waals surface area contributed by atoms with Gasteiger partial charge in [-0.3, -0.25) is 4.79 Å². The highest BCUT2D eigenvalue weighted by Gasteiger charge is 2.24. The Balaban J connectivity index is 2.02. The summed E-state index contributed by atoms with van der Waals surface area (Å²) in [6, 6.07) is 12.0. The average Bonchev–Trinajstić information content (AvgIpc) is 3.05. The lowest BCUT2D eigenvalue weighted by molar-refractivity contribution is 0.0733. The molecule has 0 bridgehead atoms. The molecule has 3 rings (SSSR count). The van der Waals surface area contributed by atoms with Gasteiger partial charge in [-0.2, -0.15) is 0 Å². The zero-order valence-corrected chi connectivity index (χ0v) is 17.3. The third kappa shape index (κ3) is 4.39. The van der Waals surface area contributed by atoms with Gasteiger partial charge in [0.25, 0.3) is 11.6 Å². The normalized spacial score (nSPS) is 11.5. The van der Waals surface area contributed by atoms with Gasteiger partial charge in [-0.1, -0.05) is 49.3 Å². The van der Waals surface area contributed by atoms with Gasteiger partial charge in [0.05, 0.1) is 16.6 Å². The molecule has 0 spiro atoms. The highest BCUT2D eigenvalue weighted by molar-refractivity contribution is 6.06. The van der Waals surface area contributed by atoms with Crippen molar-refractivity contribution in [2.45, 2.75) is 33.2 Å². The van der Waals surface area contributed by atoms with Gasteiger partial charge in [0.1, 0.15) is 0 Å². The summed E-state index contributed by atoms with van der Waals surface area (Å²) in [7, 11) is 4.02. The van der Waals surface area contributed by atoms with Gasteiger partial charge in [0.2, 0.25) is 0 Å². The van der Waals surface area contributed by atoms with Crippen molar-refractivity contribution < 1.29 is 9.32 Å². The monoisotopic (exact) mass is 380 g/mol. The Morgan fingerprint density at radius 1 is 1.14 bits per heavy atom. The summed E-state index contributed by atoms with van der Waals surface area (Å²) in [5, 5.41) is 4.75. The van der Waals surface area contributed by atoms with E-state index >= 15 is 0 Å². The van der Waals surface area contributed by atoms with E-state index in [0.29, 0.717) is 35.4 Å². The zero-order chi connectivity index (χ0) is 20.3. The molecule has 2 aromatic heterocycles. The number of rotatable bonds is 7. The minimum absolute atomic E-state index is 0.0219. The third-order valence-electron chi connectivity index (χ3n) is 4.78. The fraction of sp³-hybridized carbons (Fsp3) is 0.409. The predicted octanol–water partition coefficient (Wildman–Crippen LogP) is 3.86. The summed E-state index contributed by atoms with van der Waals surface area (Å²) in [6.45, 7) is 7.93. The van der Waals surface area contributed by atoms with E-state index in [4.69, 9.17) is 4.52 Å². The summed E-state index contributed by atoms with van der Waals surface area (Å²) in [5.41, 5.74) is 3.67. The van der Waals surface area contributed by atoms with E-state index in [1.54, 1.807) is 0 Å². The second-order valence-corrected chi connectivity index (χ2v) is 7.71. The van der Waals surface area contributed by atoms with Gasteiger partial charge >= 0.3 is 0 Å². The molecule has 0 fully saturated rings. The maximum absolute atomic E-state index is 13.6. The molecule has 148 valence electrons. The number of aryl methyl sites for hydroxylation is 1. The fourth-order valence-corrected chi connectivity index (χ4v) is 3.13. The van der Waals surface area contributed by atoms with Crippen molar-refractivity contribution in [3.63, 3.8) is 0 Å². The van der Waals surface area contributed by atoms with Gasteiger partial charge in [0.15, 0.2) is 0 Å². The first-order valence-electron chi connectivity index (χ1n) is 9.61. The van der Waals surface area contributed by atoms with E-state index < -0.39 is 0 Å². The summed E-state index contributed by atoms with van der Waals surface area (Å²) in [6.07, 6.45) is 0. The van der Waals surface area contributed by atoms with Crippen molar-refractivity contribution in [2.75, 3.05) is 27.2 Å². The topological polar surface area (TPSA) is 62.5 Å². The van der Waals surface area contributed by atoms with Crippen LogP contribution in [0.2, 0.25) is 0 Å². The molecule has 0 aliphatic rings. The molecular weight excluding hydrogens is 352 g/mol. The average molecular weight is 380 g/mol. The number of likely N-dealkylation sites (N-methyl/N-ethyl adjacent to an activating group) is 1. The number of aromatic nitrogens is 2. The fourth-order valence-electron chi connectivity index (χ4n) is 3.13. The van der Waals surface area contributed by atoms with E-state index in [1.165, 1.54) is 0 Å². The van der Waals surface area contributed by atoms with Gasteiger partial charge in [-0.25, -0.2) is 4.98 Å². The van der Waals surface area contributed by atoms with Crippen LogP contribution in [-0.2, 0) is 6.54 Å². The molecule has 1 amide bonds. The van der Waals surface area contributed by atoms with Crippen LogP contribution in [0.25, 0.3) is 11.1 Å². The van der Waals surface area contributed by atoms with Crippen LogP contribution in [0.4, 0.5) is 0 Å². The number of pyridine rings is 1. The molecule has 0 unspecified atom stereocenters. The van der Waals surface area contributed by atoms with Crippen LogP contribution in [0.3, 0.4) is 0 Å². The molecule has 2 heterocycles. The van der Waals surface area contributed by atoms with Crippen molar-refractivity contribution in [2.24, 2.45) is 0 Å². The molecule has 28 heavy (non-hydrogen) atoms. The van der Waals surface area contributed by atoms with E-state index in [1.807, 2.05) is 62.3 Å². The van der Waals surface area contributed by atoms with E-state index in [9.17, 15) is 4.79 Å². The van der Waals surface area contributed by atoms with Crippen LogP contribution in [0.5, 0.6) is 0 Å². The second-order valence-electron chi connectivity index (χ2n) is 7.71. The van der Waals surface area contributed by atoms with Crippen LogP contribution >= 0.6 is 0 Å². The van der Waals surface area contributed by atoms with Crippen molar-refractivity contribution in [3.05, 3.63) is 58.9 Å². The third-order valence-corrected chi connectivity index (χ3v) is 4.78. The van der Waals surface area contributed by atoms with Crippen LogP contribution < -0.4 is 0 Å². The SMILES string of the molecule is Cc1noc2nc(C(C)C)cc(C(=O)N(CCN(C)C)Cc3ccccc3)c12. The van der Waals surface area contributed by atoms with Gasteiger partial charge < -0.3 is 14.3 Å². The van der Waals surface area contributed by atoms with Crippen molar-refractivity contribution in [3.8, 4) is 0 Å². The quantitative estimate of drug-likeness (QED) is 0.623. The molecule has 0 radical (unpaired) electrons. The van der Waals surface area contributed by atoms with Crippen LogP contribution in [0.1, 0.15) is 47.1 Å². The van der Waals surface area contributed by atoms with Crippen molar-refractivity contribution in [1.82, 2.24) is 19.9 Å². The first kappa shape index (κ1) is 20.0. The smallest absolute Gasteiger partial charge is 0.259 e. The minimum atomic E-state index is -0.0219. The first-order valence-corrected chi connectivity index (χ1v) is 9.61. The number of benzene rings is 1. The van der Waals surface area contributed by atoms with E-state index in [0.717, 1.165) is 17.8 Å². The van der Waals surface area contributed by atoms with Crippen molar-refractivity contribution >= 4 is 17.0 Å². The van der Waals surface area contributed by atoms with Crippen LogP contribution in [-0.4, -0.2) is 53.0 Å². The predicted molar refractivity (Wildman–Crippen MR) is 110 cm³/mol. The molecule has 0 saturated carbocycles. The number of hydrogen-bond acceptors (Lipinski definition) is 5. The van der Waals surface area contributed by atoms with Crippen molar-refractivity contribution in [1.29, 1.82) is 0 Å². The first-order chi connectivity index (χ1) is 13.4. The lowest BCUT2D eigenvalue weighted by Crippen LogP contribution is -2.36. The standard InChI is InChI=1S/C22H28N4O2/c1-15(2)19-13-18(20-16(3)24-28-21(20)23-19)22(27)26(12-11-25(4)5)14-17-9-7-6-8-10-17/h6-10,13,15H,11-12,14H2,1-5H3. The highest BCUT2D eigenvalue weighted by Crippen LogP contribution is 2.26. The number of amides is 1. The number of carbonyl (C=O) groups is 1. The molecule has 6 nitrogen and oxygen atoms in total. The summed E-state index contributed by atoms with van der Waals surface area (Å²) < 4.78 is 5.39. The maximum Gasteiger partial charge on any atom is 0.259 e. The number of nitrogens with zero attached hydrogens (tertiary/aromatic N) is 4. The molecule has 0 saturated heterocycles. The molecule has 3 aromatic rings. The lowest BCUT2D eigenvalue weighted by atomic mass is 10.0. The summed E-state index contributed by atoms with van der Waals surface area (Å²) in [4.78, 5) is 22.1. The molecular formula is C22H28N4O2. The largest absolute Gasteiger partial charge is 0.336 e. The Morgan fingerprint density at radius 2 is 1.86 bits per heavy atom. The van der Waals surface area contributed by atoms with Gasteiger partial charge in [0, 0.05) is 25.3 Å². The Hall–Kier alpha value is -2.73. The Kier molecular flexibility index (Phi) is 6.09.